The molecule has 0 spiro atoms. The first-order valence-electron chi connectivity index (χ1n) is 7.46. The van der Waals surface area contributed by atoms with Crippen LogP contribution in [0.1, 0.15) is 24.8 Å². The van der Waals surface area contributed by atoms with Crippen molar-refractivity contribution in [3.05, 3.63) is 29.6 Å². The van der Waals surface area contributed by atoms with Crippen LogP contribution in [0.3, 0.4) is 0 Å². The van der Waals surface area contributed by atoms with E-state index in [0.717, 1.165) is 11.8 Å². The normalized spacial score (nSPS) is 35.4. The van der Waals surface area contributed by atoms with Crippen LogP contribution in [-0.2, 0) is 4.79 Å². The molecule has 0 heterocycles. The van der Waals surface area contributed by atoms with E-state index in [1.54, 1.807) is 6.07 Å². The Hall–Kier alpha value is -1.49. The number of amides is 1. The molecule has 3 nitrogen and oxygen atoms in total. The smallest absolute Gasteiger partial charge is 0.228 e. The molecular weight excluding hydrogens is 287 g/mol. The number of nitrogens with one attached hydrogen (secondary N) is 1. The Kier molecular flexibility index (Phi) is 2.83. The number of benzene rings is 1. The maximum Gasteiger partial charge on any atom is 0.228 e. The highest BCUT2D eigenvalue weighted by Gasteiger charge is 2.67. The van der Waals surface area contributed by atoms with E-state index in [1.807, 2.05) is 0 Å². The van der Waals surface area contributed by atoms with Crippen LogP contribution in [-0.4, -0.2) is 10.9 Å². The molecule has 1 aromatic rings. The fraction of sp³-hybridized carbons (Fsp3) is 0.500. The Bertz CT molecular complexity index is 631. The van der Waals surface area contributed by atoms with Crippen molar-refractivity contribution < 1.29 is 9.18 Å². The van der Waals surface area contributed by atoms with E-state index < -0.39 is 5.82 Å². The lowest BCUT2D eigenvalue weighted by Crippen LogP contribution is -2.19. The highest BCUT2D eigenvalue weighted by Crippen LogP contribution is 2.69. The Labute approximate surface area is 128 Å². The van der Waals surface area contributed by atoms with Gasteiger partial charge in [-0.05, 0) is 61.1 Å². The van der Waals surface area contributed by atoms with Crippen molar-refractivity contribution in [1.82, 2.24) is 0 Å². The minimum atomic E-state index is -0.457. The third-order valence-electron chi connectivity index (χ3n) is 5.54. The number of carbonyl (C=O) groups is 1. The van der Waals surface area contributed by atoms with Gasteiger partial charge in [0.15, 0.2) is 0 Å². The number of halogens is 1. The Morgan fingerprint density at radius 1 is 1.29 bits per heavy atom. The summed E-state index contributed by atoms with van der Waals surface area (Å²) >= 11 is 4.82. The quantitative estimate of drug-likeness (QED) is 0.844. The summed E-state index contributed by atoms with van der Waals surface area (Å²) in [5.74, 6) is 2.49. The molecule has 5 heteroatoms. The van der Waals surface area contributed by atoms with E-state index >= 15 is 0 Å². The van der Waals surface area contributed by atoms with Crippen molar-refractivity contribution in [2.24, 2.45) is 35.3 Å². The molecule has 3 aliphatic carbocycles. The first-order valence-corrected chi connectivity index (χ1v) is 7.87. The first-order chi connectivity index (χ1) is 10.1. The molecule has 4 rings (SSSR count). The second-order valence-electron chi connectivity index (χ2n) is 6.56. The molecule has 110 valence electrons. The minimum absolute atomic E-state index is 0.00457. The average molecular weight is 304 g/mol. The molecule has 4 atom stereocenters. The summed E-state index contributed by atoms with van der Waals surface area (Å²) in [6.45, 7) is 0. The highest BCUT2D eigenvalue weighted by atomic mass is 32.1. The third kappa shape index (κ3) is 1.98. The number of thiocarbonyl (C=S) groups is 1. The average Bonchev–Trinajstić information content (AvgIpc) is 2.90. The SMILES string of the molecule is NC(=S)c1cc(NC(=O)C2C3C4CCC(C4)C23)ccc1F. The van der Waals surface area contributed by atoms with Gasteiger partial charge in [-0.25, -0.2) is 4.39 Å². The van der Waals surface area contributed by atoms with Crippen LogP contribution in [0.25, 0.3) is 0 Å². The third-order valence-corrected chi connectivity index (χ3v) is 5.76. The highest BCUT2D eigenvalue weighted by molar-refractivity contribution is 7.80. The minimum Gasteiger partial charge on any atom is -0.389 e. The fourth-order valence-corrected chi connectivity index (χ4v) is 4.85. The zero-order valence-electron chi connectivity index (χ0n) is 11.5. The number of rotatable bonds is 3. The van der Waals surface area contributed by atoms with Crippen molar-refractivity contribution in [3.8, 4) is 0 Å². The molecule has 4 unspecified atom stereocenters. The second-order valence-corrected chi connectivity index (χ2v) is 7.00. The number of carbonyl (C=O) groups excluding carboxylic acids is 1. The summed E-state index contributed by atoms with van der Waals surface area (Å²) < 4.78 is 13.5. The van der Waals surface area contributed by atoms with Gasteiger partial charge in [-0.3, -0.25) is 4.79 Å². The maximum absolute atomic E-state index is 13.5. The molecule has 1 aromatic carbocycles. The van der Waals surface area contributed by atoms with Gasteiger partial charge in [0.1, 0.15) is 10.8 Å². The maximum atomic E-state index is 13.5. The van der Waals surface area contributed by atoms with Crippen LogP contribution in [0, 0.1) is 35.4 Å². The molecule has 3 saturated carbocycles. The monoisotopic (exact) mass is 304 g/mol. The molecule has 3 N–H and O–H groups in total. The van der Waals surface area contributed by atoms with Crippen molar-refractivity contribution in [2.75, 3.05) is 5.32 Å². The summed E-state index contributed by atoms with van der Waals surface area (Å²) in [6, 6.07) is 4.37. The van der Waals surface area contributed by atoms with Crippen LogP contribution in [0.15, 0.2) is 18.2 Å². The topological polar surface area (TPSA) is 55.1 Å². The molecule has 3 aliphatic rings. The van der Waals surface area contributed by atoms with Crippen molar-refractivity contribution in [1.29, 1.82) is 0 Å². The van der Waals surface area contributed by atoms with E-state index in [2.05, 4.69) is 5.32 Å². The van der Waals surface area contributed by atoms with Crippen molar-refractivity contribution in [2.45, 2.75) is 19.3 Å². The van der Waals surface area contributed by atoms with Crippen LogP contribution < -0.4 is 11.1 Å². The number of fused-ring (bicyclic) bond motifs is 5. The molecule has 21 heavy (non-hydrogen) atoms. The molecule has 3 fully saturated rings. The van der Waals surface area contributed by atoms with Crippen molar-refractivity contribution in [3.63, 3.8) is 0 Å². The van der Waals surface area contributed by atoms with Gasteiger partial charge in [-0.2, -0.15) is 0 Å². The lowest BCUT2D eigenvalue weighted by molar-refractivity contribution is -0.118. The predicted molar refractivity (Wildman–Crippen MR) is 82.2 cm³/mol. The van der Waals surface area contributed by atoms with Gasteiger partial charge in [-0.1, -0.05) is 12.2 Å². The van der Waals surface area contributed by atoms with Gasteiger partial charge in [0.2, 0.25) is 5.91 Å². The van der Waals surface area contributed by atoms with Crippen molar-refractivity contribution >= 4 is 28.8 Å². The molecule has 2 bridgehead atoms. The summed E-state index contributed by atoms with van der Waals surface area (Å²) in [5, 5.41) is 2.90. The lowest BCUT2D eigenvalue weighted by Gasteiger charge is -2.11. The Balaban J connectivity index is 1.49. The molecule has 0 aliphatic heterocycles. The van der Waals surface area contributed by atoms with Gasteiger partial charge in [0.05, 0.1) is 0 Å². The zero-order valence-corrected chi connectivity index (χ0v) is 12.3. The van der Waals surface area contributed by atoms with E-state index in [-0.39, 0.29) is 22.4 Å². The standard InChI is InChI=1S/C16H17FN2OS/c17-11-4-3-9(6-10(11)15(18)21)19-16(20)14-12-7-1-2-8(5-7)13(12)14/h3-4,6-8,12-14H,1-2,5H2,(H2,18,21)(H,19,20). The van der Waals surface area contributed by atoms with Gasteiger partial charge >= 0.3 is 0 Å². The fourth-order valence-electron chi connectivity index (χ4n) is 4.69. The van der Waals surface area contributed by atoms with Crippen LogP contribution in [0.5, 0.6) is 0 Å². The summed E-state index contributed by atoms with van der Waals surface area (Å²) in [5.41, 5.74) is 6.23. The van der Waals surface area contributed by atoms with Crippen LogP contribution in [0.4, 0.5) is 10.1 Å². The first kappa shape index (κ1) is 13.2. The van der Waals surface area contributed by atoms with Crippen LogP contribution >= 0.6 is 12.2 Å². The lowest BCUT2D eigenvalue weighted by atomic mass is 10.0. The number of hydrogen-bond acceptors (Lipinski definition) is 2. The summed E-state index contributed by atoms with van der Waals surface area (Å²) in [6.07, 6.45) is 3.90. The molecule has 0 saturated heterocycles. The number of hydrogen-bond donors (Lipinski definition) is 2. The van der Waals surface area contributed by atoms with E-state index in [1.165, 1.54) is 31.4 Å². The van der Waals surface area contributed by atoms with Gasteiger partial charge in [-0.15, -0.1) is 0 Å². The number of nitrogens with two attached hydrogens (primary N) is 1. The van der Waals surface area contributed by atoms with E-state index in [4.69, 9.17) is 18.0 Å². The second kappa shape index (κ2) is 4.50. The largest absolute Gasteiger partial charge is 0.389 e. The zero-order chi connectivity index (χ0) is 14.7. The van der Waals surface area contributed by atoms with Crippen LogP contribution in [0.2, 0.25) is 0 Å². The van der Waals surface area contributed by atoms with Gasteiger partial charge in [0, 0.05) is 17.2 Å². The van der Waals surface area contributed by atoms with Gasteiger partial charge < -0.3 is 11.1 Å². The summed E-state index contributed by atoms with van der Waals surface area (Å²) in [4.78, 5) is 12.4. The number of anilines is 1. The molecule has 1 amide bonds. The van der Waals surface area contributed by atoms with E-state index in [9.17, 15) is 9.18 Å². The Morgan fingerprint density at radius 3 is 2.57 bits per heavy atom. The molecular formula is C16H17FN2OS. The molecule has 0 radical (unpaired) electrons. The molecule has 0 aromatic heterocycles. The van der Waals surface area contributed by atoms with Gasteiger partial charge in [0.25, 0.3) is 0 Å². The predicted octanol–water partition coefficient (Wildman–Crippen LogP) is 2.69. The van der Waals surface area contributed by atoms with E-state index in [0.29, 0.717) is 17.5 Å². The summed E-state index contributed by atoms with van der Waals surface area (Å²) in [7, 11) is 0. The Morgan fingerprint density at radius 2 is 1.95 bits per heavy atom.